The van der Waals surface area contributed by atoms with Crippen molar-refractivity contribution in [3.8, 4) is 11.1 Å². The van der Waals surface area contributed by atoms with Gasteiger partial charge in [-0.2, -0.15) is 5.10 Å². The molecule has 4 aromatic heterocycles. The van der Waals surface area contributed by atoms with Crippen molar-refractivity contribution < 1.29 is 19.8 Å². The Morgan fingerprint density at radius 1 is 0.919 bits per heavy atom. The predicted octanol–water partition coefficient (Wildman–Crippen LogP) is 8.92. The Balaban J connectivity index is 0.00000141. The molecule has 13 nitrogen and oxygen atoms in total. The monoisotopic (exact) mass is 855 g/mol. The van der Waals surface area contributed by atoms with E-state index in [2.05, 4.69) is 62.5 Å². The minimum absolute atomic E-state index is 0.00674. The van der Waals surface area contributed by atoms with Gasteiger partial charge in [0.1, 0.15) is 5.82 Å². The first-order valence-corrected chi connectivity index (χ1v) is 22.7. The summed E-state index contributed by atoms with van der Waals surface area (Å²) in [5, 5.41) is 38.2. The van der Waals surface area contributed by atoms with Crippen LogP contribution in [0.3, 0.4) is 0 Å². The number of carboxylic acid groups (broad SMARTS) is 2. The van der Waals surface area contributed by atoms with Crippen LogP contribution < -0.4 is 10.2 Å². The van der Waals surface area contributed by atoms with Gasteiger partial charge in [-0.1, -0.05) is 51.2 Å². The smallest absolute Gasteiger partial charge is 0.355 e. The molecule has 2 unspecified atom stereocenters. The van der Waals surface area contributed by atoms with Crippen LogP contribution in [-0.2, 0) is 17.8 Å². The maximum absolute atomic E-state index is 12.9. The number of para-hydroxylation sites is 1. The van der Waals surface area contributed by atoms with Crippen LogP contribution in [-0.4, -0.2) is 99.2 Å². The maximum Gasteiger partial charge on any atom is 0.355 e. The molecular weight excluding hydrogens is 796 g/mol. The lowest BCUT2D eigenvalue weighted by Crippen LogP contribution is -2.60. The van der Waals surface area contributed by atoms with E-state index >= 15 is 0 Å². The minimum Gasteiger partial charge on any atom is -0.480 e. The van der Waals surface area contributed by atoms with E-state index in [4.69, 9.17) is 15.1 Å². The summed E-state index contributed by atoms with van der Waals surface area (Å²) in [6, 6.07) is 11.8. The SMILES string of the molecule is CC.Cc1c(Nc2nc3ccccc3s2)nnc2c1CCCN2c1ccc(-c2cnn(CC34CC5(C)CC(C)(CC(CCCN(C)CC(=O)O)(C5)C3)C4)c2C)c(C(=O)O)n1.[B][B]. The number of hydrogen-bond acceptors (Lipinski definition) is 11. The summed E-state index contributed by atoms with van der Waals surface area (Å²) in [7, 11) is 9.90. The van der Waals surface area contributed by atoms with Crippen LogP contribution in [0.4, 0.5) is 22.6 Å². The third kappa shape index (κ3) is 8.86. The summed E-state index contributed by atoms with van der Waals surface area (Å²) < 4.78 is 3.22. The maximum atomic E-state index is 12.9. The van der Waals surface area contributed by atoms with E-state index in [1.54, 1.807) is 11.3 Å². The Labute approximate surface area is 371 Å². The Hall–Kier alpha value is -4.82. The lowest BCUT2D eigenvalue weighted by molar-refractivity contribution is -0.198. The highest BCUT2D eigenvalue weighted by Gasteiger charge is 2.65. The zero-order valence-corrected chi connectivity index (χ0v) is 38.1. The van der Waals surface area contributed by atoms with Crippen molar-refractivity contribution >= 4 is 71.6 Å². The van der Waals surface area contributed by atoms with Gasteiger partial charge in [-0.15, -0.1) is 10.2 Å². The van der Waals surface area contributed by atoms with Gasteiger partial charge in [0.2, 0.25) is 0 Å². The molecule has 4 radical (unpaired) electrons. The van der Waals surface area contributed by atoms with Gasteiger partial charge in [0, 0.05) is 56.5 Å². The molecule has 10 rings (SSSR count). The minimum atomic E-state index is -1.09. The molecule has 4 bridgehead atoms. The number of nitrogens with one attached hydrogen (secondary N) is 1. The number of fused-ring (bicyclic) bond motifs is 2. The standard InChI is InChI=1S/C44H53N9O4S.C2H6.B2/c1-27-29-10-8-17-52(38(29)50-49-37(27)48-40-46-32-11-6-7-12-33(32)58-40)34-14-13-30(36(47-34)39(56)57)31-18-45-53(28(31)2)26-44-23-41(3)20-42(4,24-44)22-43(21-41,25-44)15-9-16-51(5)19-35(54)55;2*1-2/h6-7,11-14,18H,8-10,15-17,19-26H2,1-5H3,(H,54,55)(H,56,57)(H,46,48,49);1-2H3;. The van der Waals surface area contributed by atoms with Crippen molar-refractivity contribution in [3.05, 3.63) is 65.1 Å². The third-order valence-electron chi connectivity index (χ3n) is 13.6. The van der Waals surface area contributed by atoms with E-state index < -0.39 is 11.9 Å². The number of benzene rings is 1. The van der Waals surface area contributed by atoms with Gasteiger partial charge in [0.05, 0.1) is 23.0 Å². The molecule has 1 aliphatic heterocycles. The van der Waals surface area contributed by atoms with Crippen LogP contribution in [0.2, 0.25) is 0 Å². The van der Waals surface area contributed by atoms with Gasteiger partial charge < -0.3 is 20.4 Å². The van der Waals surface area contributed by atoms with Crippen LogP contribution in [0.15, 0.2) is 42.6 Å². The van der Waals surface area contributed by atoms with Crippen molar-refractivity contribution in [1.29, 1.82) is 0 Å². The second-order valence-electron chi connectivity index (χ2n) is 18.9. The zero-order chi connectivity index (χ0) is 44.6. The number of carbonyl (C=O) groups is 2. The summed E-state index contributed by atoms with van der Waals surface area (Å²) in [5.74, 6) is 0.0188. The molecular formula is C46H59B2N9O4S. The second kappa shape index (κ2) is 17.7. The second-order valence-corrected chi connectivity index (χ2v) is 20.0. The van der Waals surface area contributed by atoms with E-state index in [0.717, 1.165) is 82.9 Å². The van der Waals surface area contributed by atoms with Crippen molar-refractivity contribution in [3.63, 3.8) is 0 Å². The molecule has 4 fully saturated rings. The lowest BCUT2D eigenvalue weighted by atomic mass is 9.35. The van der Waals surface area contributed by atoms with E-state index in [9.17, 15) is 19.8 Å². The lowest BCUT2D eigenvalue weighted by Gasteiger charge is -2.70. The van der Waals surface area contributed by atoms with Crippen LogP contribution in [0.5, 0.6) is 0 Å². The molecule has 2 atom stereocenters. The molecule has 5 aromatic rings. The number of pyridine rings is 1. The van der Waals surface area contributed by atoms with Crippen LogP contribution in [0.1, 0.15) is 113 Å². The van der Waals surface area contributed by atoms with Crippen LogP contribution in [0, 0.1) is 35.5 Å². The third-order valence-corrected chi connectivity index (χ3v) is 14.6. The van der Waals surface area contributed by atoms with Crippen molar-refractivity contribution in [2.45, 2.75) is 112 Å². The fraction of sp³-hybridized carbons (Fsp3) is 0.543. The fourth-order valence-electron chi connectivity index (χ4n) is 12.8. The molecule has 0 saturated heterocycles. The molecule has 62 heavy (non-hydrogen) atoms. The van der Waals surface area contributed by atoms with Crippen LogP contribution >= 0.6 is 11.3 Å². The molecule has 3 N–H and O–H groups in total. The largest absolute Gasteiger partial charge is 0.480 e. The first kappa shape index (κ1) is 45.2. The zero-order valence-electron chi connectivity index (χ0n) is 37.3. The van der Waals surface area contributed by atoms with Crippen molar-refractivity contribution in [1.82, 2.24) is 34.8 Å². The van der Waals surface area contributed by atoms with E-state index in [0.29, 0.717) is 29.6 Å². The number of thiazole rings is 1. The summed E-state index contributed by atoms with van der Waals surface area (Å²) in [6.45, 7) is 15.4. The number of aromatic nitrogens is 6. The highest BCUT2D eigenvalue weighted by molar-refractivity contribution is 7.22. The Morgan fingerprint density at radius 3 is 2.32 bits per heavy atom. The van der Waals surface area contributed by atoms with Gasteiger partial charge in [0.15, 0.2) is 22.5 Å². The molecule has 324 valence electrons. The number of nitrogens with zero attached hydrogens (tertiary/aromatic N) is 8. The van der Waals surface area contributed by atoms with Crippen molar-refractivity contribution in [2.75, 3.05) is 36.9 Å². The number of hydrogen-bond donors (Lipinski definition) is 3. The summed E-state index contributed by atoms with van der Waals surface area (Å²) in [6.07, 6.45) is 12.8. The van der Waals surface area contributed by atoms with Gasteiger partial charge in [-0.25, -0.2) is 14.8 Å². The van der Waals surface area contributed by atoms with E-state index in [1.807, 2.05) is 74.1 Å². The van der Waals surface area contributed by atoms with Gasteiger partial charge in [0.25, 0.3) is 0 Å². The molecule has 5 aliphatic rings. The highest BCUT2D eigenvalue weighted by atomic mass is 32.1. The number of anilines is 4. The summed E-state index contributed by atoms with van der Waals surface area (Å²) in [5.41, 5.74) is 6.14. The number of aliphatic carboxylic acids is 1. The predicted molar refractivity (Wildman–Crippen MR) is 248 cm³/mol. The molecule has 1 aromatic carbocycles. The van der Waals surface area contributed by atoms with Gasteiger partial charge >= 0.3 is 11.9 Å². The fourth-order valence-corrected chi connectivity index (χ4v) is 13.6. The highest BCUT2D eigenvalue weighted by Crippen LogP contribution is 2.75. The molecule has 4 saturated carbocycles. The van der Waals surface area contributed by atoms with E-state index in [-0.39, 0.29) is 33.9 Å². The molecule has 0 amide bonds. The quantitative estimate of drug-likeness (QED) is 0.0966. The average Bonchev–Trinajstić information content (AvgIpc) is 3.80. The van der Waals surface area contributed by atoms with E-state index in [1.165, 1.54) is 32.1 Å². The Morgan fingerprint density at radius 2 is 1.63 bits per heavy atom. The average molecular weight is 856 g/mol. The Bertz CT molecular complexity index is 2400. The number of likely N-dealkylation sites (N-methyl/N-ethyl adjacent to an activating group) is 1. The Kier molecular flexibility index (Phi) is 12.9. The number of aromatic carboxylic acids is 1. The number of carboxylic acids is 2. The molecule has 5 heterocycles. The van der Waals surface area contributed by atoms with Crippen molar-refractivity contribution in [2.24, 2.45) is 21.7 Å². The molecule has 4 aliphatic carbocycles. The molecule has 16 heteroatoms. The number of rotatable bonds is 13. The van der Waals surface area contributed by atoms with Gasteiger partial charge in [-0.05, 0) is 138 Å². The topological polar surface area (TPSA) is 162 Å². The first-order chi connectivity index (χ1) is 29.6. The normalized spacial score (nSPS) is 24.5. The first-order valence-electron chi connectivity index (χ1n) is 21.9. The van der Waals surface area contributed by atoms with Gasteiger partial charge in [-0.3, -0.25) is 14.4 Å². The molecule has 0 spiro atoms. The summed E-state index contributed by atoms with van der Waals surface area (Å²) in [4.78, 5) is 37.6. The van der Waals surface area contributed by atoms with Crippen LogP contribution in [0.25, 0.3) is 21.3 Å². The summed E-state index contributed by atoms with van der Waals surface area (Å²) >= 11 is 1.57.